The van der Waals surface area contributed by atoms with Gasteiger partial charge >= 0.3 is 0 Å². The summed E-state index contributed by atoms with van der Waals surface area (Å²) in [5.41, 5.74) is 2.86. The molecule has 1 heterocycles. The van der Waals surface area contributed by atoms with Crippen molar-refractivity contribution in [1.82, 2.24) is 4.90 Å². The Bertz CT molecular complexity index is 981. The fourth-order valence-electron chi connectivity index (χ4n) is 6.54. The van der Waals surface area contributed by atoms with E-state index in [2.05, 4.69) is 61.4 Å². The lowest BCUT2D eigenvalue weighted by Crippen LogP contribution is -2.35. The lowest BCUT2D eigenvalue weighted by Gasteiger charge is -2.29. The molecule has 2 atom stereocenters. The lowest BCUT2D eigenvalue weighted by molar-refractivity contribution is -0.124. The molecule has 2 saturated carbocycles. The van der Waals surface area contributed by atoms with Gasteiger partial charge in [0.15, 0.2) is 0 Å². The zero-order valence-corrected chi connectivity index (χ0v) is 20.3. The van der Waals surface area contributed by atoms with E-state index in [1.165, 1.54) is 12.8 Å². The van der Waals surface area contributed by atoms with Gasteiger partial charge in [-0.2, -0.15) is 0 Å². The summed E-state index contributed by atoms with van der Waals surface area (Å²) in [7, 11) is 2.17. The van der Waals surface area contributed by atoms with E-state index in [0.29, 0.717) is 0 Å². The molecule has 1 amide bonds. The second-order valence-corrected chi connectivity index (χ2v) is 11.2. The molecule has 4 nitrogen and oxygen atoms in total. The summed E-state index contributed by atoms with van der Waals surface area (Å²) in [5, 5.41) is 3.24. The minimum absolute atomic E-state index is 0.182. The number of amides is 1. The number of piperidine rings is 1. The monoisotopic (exact) mass is 446 g/mol. The fraction of sp³-hybridized carbons (Fsp3) is 0.552. The van der Waals surface area contributed by atoms with Gasteiger partial charge in [-0.3, -0.25) is 4.79 Å². The van der Waals surface area contributed by atoms with Crippen LogP contribution in [0.5, 0.6) is 5.75 Å². The molecule has 176 valence electrons. The standard InChI is InChI=1S/C29H38N2O2/c1-20-14-23-18-29(2,19-24(23)15-20)28(32)30-25-8-4-6-21(16-25)22-7-5-9-27(17-22)33-26-10-12-31(3)13-11-26/h4-9,16-17,20,23-24,26H,10-15,18-19H2,1-3H3,(H,30,32). The van der Waals surface area contributed by atoms with E-state index in [-0.39, 0.29) is 17.4 Å². The zero-order valence-electron chi connectivity index (χ0n) is 20.3. The quantitative estimate of drug-likeness (QED) is 0.592. The Morgan fingerprint density at radius 3 is 2.33 bits per heavy atom. The predicted octanol–water partition coefficient (Wildman–Crippen LogP) is 6.23. The van der Waals surface area contributed by atoms with Gasteiger partial charge in [0.05, 0.1) is 0 Å². The molecule has 1 aliphatic heterocycles. The van der Waals surface area contributed by atoms with E-state index in [1.807, 2.05) is 18.2 Å². The van der Waals surface area contributed by atoms with Crippen LogP contribution in [0.15, 0.2) is 48.5 Å². The highest BCUT2D eigenvalue weighted by Crippen LogP contribution is 2.54. The van der Waals surface area contributed by atoms with Crippen molar-refractivity contribution in [2.75, 3.05) is 25.5 Å². The Hall–Kier alpha value is -2.33. The van der Waals surface area contributed by atoms with Crippen molar-refractivity contribution in [2.45, 2.75) is 58.5 Å². The molecule has 4 heteroatoms. The number of hydrogen-bond donors (Lipinski definition) is 1. The summed E-state index contributed by atoms with van der Waals surface area (Å²) < 4.78 is 6.29. The van der Waals surface area contributed by atoms with Crippen LogP contribution in [0.4, 0.5) is 5.69 Å². The molecule has 3 aliphatic rings. The average Bonchev–Trinajstić information content (AvgIpc) is 3.29. The van der Waals surface area contributed by atoms with Gasteiger partial charge in [0.25, 0.3) is 0 Å². The third-order valence-electron chi connectivity index (χ3n) is 8.31. The molecule has 5 rings (SSSR count). The van der Waals surface area contributed by atoms with Crippen molar-refractivity contribution in [3.05, 3.63) is 48.5 Å². The smallest absolute Gasteiger partial charge is 0.230 e. The van der Waals surface area contributed by atoms with E-state index < -0.39 is 0 Å². The van der Waals surface area contributed by atoms with Crippen molar-refractivity contribution in [2.24, 2.45) is 23.2 Å². The van der Waals surface area contributed by atoms with Gasteiger partial charge < -0.3 is 15.0 Å². The maximum atomic E-state index is 13.3. The number of carbonyl (C=O) groups excluding carboxylic acids is 1. The molecule has 0 aromatic heterocycles. The number of carbonyl (C=O) groups is 1. The molecule has 2 aromatic carbocycles. The number of anilines is 1. The van der Waals surface area contributed by atoms with Gasteiger partial charge in [-0.25, -0.2) is 0 Å². The first-order valence-corrected chi connectivity index (χ1v) is 12.8. The number of hydrogen-bond acceptors (Lipinski definition) is 3. The maximum absolute atomic E-state index is 13.3. The molecule has 3 fully saturated rings. The van der Waals surface area contributed by atoms with Gasteiger partial charge in [0.1, 0.15) is 11.9 Å². The highest BCUT2D eigenvalue weighted by atomic mass is 16.5. The van der Waals surface area contributed by atoms with Gasteiger partial charge in [-0.05, 0) is 98.7 Å². The number of nitrogens with zero attached hydrogens (tertiary/aromatic N) is 1. The van der Waals surface area contributed by atoms with E-state index in [4.69, 9.17) is 4.74 Å². The number of benzene rings is 2. The number of ether oxygens (including phenoxy) is 1. The minimum atomic E-state index is -0.243. The maximum Gasteiger partial charge on any atom is 0.230 e. The zero-order chi connectivity index (χ0) is 23.0. The van der Waals surface area contributed by atoms with Crippen molar-refractivity contribution in [3.8, 4) is 16.9 Å². The first-order valence-electron chi connectivity index (χ1n) is 12.8. The van der Waals surface area contributed by atoms with Crippen LogP contribution in [0.1, 0.15) is 52.4 Å². The van der Waals surface area contributed by atoms with E-state index in [9.17, 15) is 4.79 Å². The van der Waals surface area contributed by atoms with Crippen LogP contribution in [-0.2, 0) is 4.79 Å². The average molecular weight is 447 g/mol. The van der Waals surface area contributed by atoms with Crippen LogP contribution in [0, 0.1) is 23.2 Å². The van der Waals surface area contributed by atoms with Crippen LogP contribution in [0.25, 0.3) is 11.1 Å². The molecule has 2 aliphatic carbocycles. The Morgan fingerprint density at radius 1 is 1.00 bits per heavy atom. The fourth-order valence-corrected chi connectivity index (χ4v) is 6.54. The molecule has 2 aromatic rings. The third-order valence-corrected chi connectivity index (χ3v) is 8.31. The molecule has 33 heavy (non-hydrogen) atoms. The SMILES string of the molecule is CC1CC2CC(C)(C(=O)Nc3cccc(-c4cccc(OC5CCN(C)CC5)c4)c3)CC2C1. The summed E-state index contributed by atoms with van der Waals surface area (Å²) in [4.78, 5) is 15.6. The first kappa shape index (κ1) is 22.5. The lowest BCUT2D eigenvalue weighted by atomic mass is 9.84. The normalized spacial score (nSPS) is 30.2. The Labute approximate surface area is 198 Å². The second kappa shape index (κ2) is 9.13. The van der Waals surface area contributed by atoms with Gasteiger partial charge in [0, 0.05) is 24.2 Å². The van der Waals surface area contributed by atoms with Crippen LogP contribution < -0.4 is 10.1 Å². The topological polar surface area (TPSA) is 41.6 Å². The summed E-state index contributed by atoms with van der Waals surface area (Å²) in [5.74, 6) is 3.39. The summed E-state index contributed by atoms with van der Waals surface area (Å²) in [6, 6.07) is 16.6. The third kappa shape index (κ3) is 4.96. The number of rotatable bonds is 5. The van der Waals surface area contributed by atoms with Crippen LogP contribution >= 0.6 is 0 Å². The van der Waals surface area contributed by atoms with E-state index in [1.54, 1.807) is 0 Å². The molecule has 0 bridgehead atoms. The van der Waals surface area contributed by atoms with Crippen LogP contribution in [0.3, 0.4) is 0 Å². The highest BCUT2D eigenvalue weighted by molar-refractivity contribution is 5.96. The van der Waals surface area contributed by atoms with E-state index >= 15 is 0 Å². The van der Waals surface area contributed by atoms with Crippen molar-refractivity contribution < 1.29 is 9.53 Å². The van der Waals surface area contributed by atoms with Gasteiger partial charge in [0.2, 0.25) is 5.91 Å². The van der Waals surface area contributed by atoms with Crippen molar-refractivity contribution in [3.63, 3.8) is 0 Å². The minimum Gasteiger partial charge on any atom is -0.490 e. The molecule has 1 N–H and O–H groups in total. The Kier molecular flexibility index (Phi) is 6.22. The highest BCUT2D eigenvalue weighted by Gasteiger charge is 2.49. The van der Waals surface area contributed by atoms with Gasteiger partial charge in [-0.15, -0.1) is 0 Å². The summed E-state index contributed by atoms with van der Waals surface area (Å²) in [6.45, 7) is 6.70. The second-order valence-electron chi connectivity index (χ2n) is 11.2. The van der Waals surface area contributed by atoms with Crippen LogP contribution in [-0.4, -0.2) is 37.0 Å². The number of fused-ring (bicyclic) bond motifs is 1. The van der Waals surface area contributed by atoms with Crippen molar-refractivity contribution >= 4 is 11.6 Å². The number of nitrogens with one attached hydrogen (secondary N) is 1. The Morgan fingerprint density at radius 2 is 1.64 bits per heavy atom. The summed E-state index contributed by atoms with van der Waals surface area (Å²) >= 11 is 0. The molecular formula is C29H38N2O2. The predicted molar refractivity (Wildman–Crippen MR) is 134 cm³/mol. The van der Waals surface area contributed by atoms with Crippen LogP contribution in [0.2, 0.25) is 0 Å². The molecule has 2 unspecified atom stereocenters. The first-order chi connectivity index (χ1) is 15.9. The summed E-state index contributed by atoms with van der Waals surface area (Å²) in [6.07, 6.45) is 7.08. The molecule has 0 spiro atoms. The largest absolute Gasteiger partial charge is 0.490 e. The molecular weight excluding hydrogens is 408 g/mol. The Balaban J connectivity index is 1.25. The molecule has 1 saturated heterocycles. The number of likely N-dealkylation sites (tertiary alicyclic amines) is 1. The van der Waals surface area contributed by atoms with Crippen molar-refractivity contribution in [1.29, 1.82) is 0 Å². The van der Waals surface area contributed by atoms with E-state index in [0.717, 1.165) is 79.1 Å². The van der Waals surface area contributed by atoms with Gasteiger partial charge in [-0.1, -0.05) is 38.1 Å². The molecule has 0 radical (unpaired) electrons.